The summed E-state index contributed by atoms with van der Waals surface area (Å²) in [4.78, 5) is 4.16. The summed E-state index contributed by atoms with van der Waals surface area (Å²) in [6.07, 6.45) is 2.57. The molecular weight excluding hydrogens is 262 g/mol. The van der Waals surface area contributed by atoms with Crippen molar-refractivity contribution in [2.24, 2.45) is 11.5 Å². The number of hydrogen-bond donors (Lipinski definition) is 2. The number of nitrogens with zero attached hydrogens (tertiary/aromatic N) is 2. The van der Waals surface area contributed by atoms with Gasteiger partial charge < -0.3 is 16.0 Å². The van der Waals surface area contributed by atoms with Gasteiger partial charge in [0.25, 0.3) is 5.92 Å². The van der Waals surface area contributed by atoms with E-state index in [1.165, 1.54) is 0 Å². The molecule has 0 aliphatic heterocycles. The lowest BCUT2D eigenvalue weighted by Crippen LogP contribution is -2.55. The largest absolute Gasteiger partial charge is 0.326 e. The third-order valence-electron chi connectivity index (χ3n) is 3.62. The molecule has 105 valence electrons. The van der Waals surface area contributed by atoms with Gasteiger partial charge in [0.2, 0.25) is 0 Å². The van der Waals surface area contributed by atoms with Crippen molar-refractivity contribution in [3.8, 4) is 5.69 Å². The van der Waals surface area contributed by atoms with E-state index in [-0.39, 0.29) is 12.8 Å². The fourth-order valence-electron chi connectivity index (χ4n) is 2.51. The second kappa shape index (κ2) is 4.36. The summed E-state index contributed by atoms with van der Waals surface area (Å²) in [6, 6.07) is 8.58. The Morgan fingerprint density at radius 1 is 1.35 bits per heavy atom. The summed E-state index contributed by atoms with van der Waals surface area (Å²) in [5.74, 6) is -2.67. The molecule has 4 N–H and O–H groups in total. The van der Waals surface area contributed by atoms with Crippen molar-refractivity contribution >= 4 is 0 Å². The Kier molecular flexibility index (Phi) is 2.88. The van der Waals surface area contributed by atoms with E-state index in [1.54, 1.807) is 23.2 Å². The maximum Gasteiger partial charge on any atom is 0.252 e. The highest BCUT2D eigenvalue weighted by Gasteiger charge is 2.56. The average Bonchev–Trinajstić information content (AvgIpc) is 2.86. The number of imidazole rings is 1. The van der Waals surface area contributed by atoms with Gasteiger partial charge in [-0.15, -0.1) is 0 Å². The normalized spacial score (nSPS) is 19.6. The molecule has 1 aromatic carbocycles. The van der Waals surface area contributed by atoms with Gasteiger partial charge in [-0.25, -0.2) is 13.8 Å². The van der Waals surface area contributed by atoms with E-state index >= 15 is 0 Å². The molecule has 1 aliphatic carbocycles. The van der Waals surface area contributed by atoms with Gasteiger partial charge in [0.05, 0.1) is 17.6 Å². The molecule has 1 heterocycles. The molecule has 0 bridgehead atoms. The molecule has 4 nitrogen and oxygen atoms in total. The maximum atomic E-state index is 13.0. The molecule has 2 aromatic rings. The van der Waals surface area contributed by atoms with Crippen molar-refractivity contribution in [1.29, 1.82) is 0 Å². The predicted molar refractivity (Wildman–Crippen MR) is 70.3 cm³/mol. The second-order valence-corrected chi connectivity index (χ2v) is 5.31. The molecule has 20 heavy (non-hydrogen) atoms. The highest BCUT2D eigenvalue weighted by atomic mass is 19.3. The third kappa shape index (κ3) is 2.21. The Hall–Kier alpha value is -1.79. The molecule has 3 rings (SSSR count). The van der Waals surface area contributed by atoms with Gasteiger partial charge in [0.15, 0.2) is 0 Å². The van der Waals surface area contributed by atoms with Crippen molar-refractivity contribution in [3.63, 3.8) is 0 Å². The van der Waals surface area contributed by atoms with Crippen LogP contribution in [0.3, 0.4) is 0 Å². The van der Waals surface area contributed by atoms with Crippen molar-refractivity contribution in [2.75, 3.05) is 0 Å². The number of hydrogen-bond acceptors (Lipinski definition) is 3. The van der Waals surface area contributed by atoms with Gasteiger partial charge in [-0.3, -0.25) is 0 Å². The highest BCUT2D eigenvalue weighted by molar-refractivity contribution is 5.35. The van der Waals surface area contributed by atoms with Crippen LogP contribution < -0.4 is 11.5 Å². The maximum absolute atomic E-state index is 13.0. The molecule has 1 saturated carbocycles. The summed E-state index contributed by atoms with van der Waals surface area (Å²) in [7, 11) is 0. The van der Waals surface area contributed by atoms with E-state index in [1.807, 2.05) is 12.1 Å². The van der Waals surface area contributed by atoms with Crippen LogP contribution in [0, 0.1) is 6.07 Å². The number of halogens is 2. The van der Waals surface area contributed by atoms with E-state index in [9.17, 15) is 8.78 Å². The van der Waals surface area contributed by atoms with E-state index < -0.39 is 11.5 Å². The first kappa shape index (κ1) is 13.2. The van der Waals surface area contributed by atoms with Crippen LogP contribution in [-0.2, 0) is 12.1 Å². The van der Waals surface area contributed by atoms with Crippen LogP contribution in [0.1, 0.15) is 24.1 Å². The number of aromatic nitrogens is 2. The van der Waals surface area contributed by atoms with Crippen molar-refractivity contribution in [2.45, 2.75) is 30.8 Å². The van der Waals surface area contributed by atoms with Gasteiger partial charge in [0, 0.05) is 31.3 Å². The predicted octanol–water partition coefficient (Wildman–Crippen LogP) is 1.71. The second-order valence-electron chi connectivity index (χ2n) is 5.31. The molecule has 0 saturated heterocycles. The van der Waals surface area contributed by atoms with Crippen LogP contribution in [0.5, 0.6) is 0 Å². The van der Waals surface area contributed by atoms with E-state index in [4.69, 9.17) is 11.5 Å². The molecule has 0 atom stereocenters. The van der Waals surface area contributed by atoms with Crippen LogP contribution >= 0.6 is 0 Å². The summed E-state index contributed by atoms with van der Waals surface area (Å²) in [6.45, 7) is 0.427. The first-order valence-electron chi connectivity index (χ1n) is 6.34. The summed E-state index contributed by atoms with van der Waals surface area (Å²) in [5.41, 5.74) is 12.7. The average molecular weight is 277 g/mol. The van der Waals surface area contributed by atoms with Gasteiger partial charge in [0.1, 0.15) is 0 Å². The van der Waals surface area contributed by atoms with Crippen LogP contribution in [0.4, 0.5) is 8.78 Å². The monoisotopic (exact) mass is 277 g/mol. The van der Waals surface area contributed by atoms with Gasteiger partial charge in [-0.2, -0.15) is 0 Å². The number of benzene rings is 1. The fraction of sp³-hybridized carbons (Fsp3) is 0.357. The van der Waals surface area contributed by atoms with Crippen LogP contribution in [0.2, 0.25) is 0 Å². The fourth-order valence-corrected chi connectivity index (χ4v) is 2.51. The third-order valence-corrected chi connectivity index (χ3v) is 3.62. The minimum atomic E-state index is -2.67. The van der Waals surface area contributed by atoms with Gasteiger partial charge >= 0.3 is 0 Å². The SMILES string of the molecule is NCc1[c]cc(-n2cnc(C3(N)CC(F)(F)C3)c2)cc1. The lowest BCUT2D eigenvalue weighted by molar-refractivity contribution is -0.126. The van der Waals surface area contributed by atoms with Crippen LogP contribution in [0.15, 0.2) is 30.7 Å². The smallest absolute Gasteiger partial charge is 0.252 e. The Morgan fingerprint density at radius 3 is 2.65 bits per heavy atom. The van der Waals surface area contributed by atoms with Crippen molar-refractivity contribution in [1.82, 2.24) is 9.55 Å². The first-order chi connectivity index (χ1) is 9.42. The molecular formula is C14H15F2N4. The number of rotatable bonds is 3. The van der Waals surface area contributed by atoms with Crippen molar-refractivity contribution in [3.05, 3.63) is 48.0 Å². The standard InChI is InChI=1S/C14H15F2N4/c15-14(16)7-13(18,8-14)12-6-20(9-19-12)11-3-1-10(5-17)2-4-11/h1,3-4,6,9H,5,7-8,17-18H2. The zero-order chi connectivity index (χ0) is 14.4. The highest BCUT2D eigenvalue weighted by Crippen LogP contribution is 2.49. The van der Waals surface area contributed by atoms with E-state index in [2.05, 4.69) is 11.1 Å². The Morgan fingerprint density at radius 2 is 2.10 bits per heavy atom. The summed E-state index contributed by atoms with van der Waals surface area (Å²) >= 11 is 0. The molecule has 1 fully saturated rings. The molecule has 1 aromatic heterocycles. The Labute approximate surface area is 115 Å². The molecule has 0 spiro atoms. The molecule has 1 radical (unpaired) electrons. The lowest BCUT2D eigenvalue weighted by atomic mass is 9.72. The summed E-state index contributed by atoms with van der Waals surface area (Å²) in [5, 5.41) is 0. The minimum Gasteiger partial charge on any atom is -0.326 e. The van der Waals surface area contributed by atoms with Gasteiger partial charge in [-0.1, -0.05) is 6.07 Å². The first-order valence-corrected chi connectivity index (χ1v) is 6.34. The zero-order valence-electron chi connectivity index (χ0n) is 10.8. The Bertz CT molecular complexity index is 610. The van der Waals surface area contributed by atoms with Crippen molar-refractivity contribution < 1.29 is 8.78 Å². The van der Waals surface area contributed by atoms with Gasteiger partial charge in [-0.05, 0) is 23.8 Å². The Balaban J connectivity index is 1.83. The van der Waals surface area contributed by atoms with Crippen LogP contribution in [-0.4, -0.2) is 15.5 Å². The van der Waals surface area contributed by atoms with E-state index in [0.29, 0.717) is 12.2 Å². The number of alkyl halides is 2. The summed E-state index contributed by atoms with van der Waals surface area (Å²) < 4.78 is 27.7. The molecule has 0 unspecified atom stereocenters. The topological polar surface area (TPSA) is 69.9 Å². The molecule has 0 amide bonds. The van der Waals surface area contributed by atoms with Crippen LogP contribution in [0.25, 0.3) is 5.69 Å². The minimum absolute atomic E-state index is 0.352. The zero-order valence-corrected chi connectivity index (χ0v) is 10.8. The van der Waals surface area contributed by atoms with E-state index in [0.717, 1.165) is 11.3 Å². The molecule has 1 aliphatic rings. The molecule has 6 heteroatoms. The lowest BCUT2D eigenvalue weighted by Gasteiger charge is -2.43. The quantitative estimate of drug-likeness (QED) is 0.897. The number of nitrogens with two attached hydrogens (primary N) is 2.